The Kier molecular flexibility index (Phi) is 9.09. The molecule has 102 valence electrons. The molecule has 3 N–H and O–H groups in total. The third-order valence-electron chi connectivity index (χ3n) is 2.56. The van der Waals surface area contributed by atoms with Crippen molar-refractivity contribution in [2.45, 2.75) is 45.6 Å². The van der Waals surface area contributed by atoms with Crippen LogP contribution in [0, 0.1) is 5.92 Å². The van der Waals surface area contributed by atoms with Gasteiger partial charge in [-0.3, -0.25) is 4.79 Å². The molecule has 4 heteroatoms. The van der Waals surface area contributed by atoms with Gasteiger partial charge in [-0.1, -0.05) is 13.8 Å². The van der Waals surface area contributed by atoms with Crippen molar-refractivity contribution in [3.8, 4) is 0 Å². The molecule has 0 saturated heterocycles. The zero-order valence-corrected chi connectivity index (χ0v) is 11.8. The SMILES string of the molecule is CC(C)CC(CN(C)C)NC(=O)CCCCN. The molecule has 0 aliphatic rings. The number of nitrogens with two attached hydrogens (primary N) is 1. The second-order valence-electron chi connectivity index (χ2n) is 5.40. The normalized spacial score (nSPS) is 13.1. The van der Waals surface area contributed by atoms with Crippen molar-refractivity contribution >= 4 is 5.91 Å². The van der Waals surface area contributed by atoms with Gasteiger partial charge < -0.3 is 16.0 Å². The van der Waals surface area contributed by atoms with Crippen LogP contribution < -0.4 is 11.1 Å². The van der Waals surface area contributed by atoms with Gasteiger partial charge in [0.25, 0.3) is 0 Å². The summed E-state index contributed by atoms with van der Waals surface area (Å²) < 4.78 is 0. The van der Waals surface area contributed by atoms with E-state index >= 15 is 0 Å². The number of amides is 1. The lowest BCUT2D eigenvalue weighted by atomic mass is 10.0. The van der Waals surface area contributed by atoms with Gasteiger partial charge in [0.1, 0.15) is 0 Å². The van der Waals surface area contributed by atoms with Gasteiger partial charge in [-0.25, -0.2) is 0 Å². The fourth-order valence-corrected chi connectivity index (χ4v) is 1.92. The van der Waals surface area contributed by atoms with Crippen LogP contribution in [0.3, 0.4) is 0 Å². The molecular weight excluding hydrogens is 214 g/mol. The third kappa shape index (κ3) is 10.3. The summed E-state index contributed by atoms with van der Waals surface area (Å²) in [4.78, 5) is 13.8. The molecule has 1 unspecified atom stereocenters. The van der Waals surface area contributed by atoms with Gasteiger partial charge in [0.05, 0.1) is 0 Å². The Morgan fingerprint density at radius 1 is 1.29 bits per heavy atom. The highest BCUT2D eigenvalue weighted by molar-refractivity contribution is 5.76. The Bertz CT molecular complexity index is 195. The second-order valence-corrected chi connectivity index (χ2v) is 5.40. The summed E-state index contributed by atoms with van der Waals surface area (Å²) in [7, 11) is 4.07. The van der Waals surface area contributed by atoms with Crippen LogP contribution in [0.25, 0.3) is 0 Å². The summed E-state index contributed by atoms with van der Waals surface area (Å²) in [5.74, 6) is 0.759. The predicted molar refractivity (Wildman–Crippen MR) is 72.8 cm³/mol. The minimum absolute atomic E-state index is 0.158. The topological polar surface area (TPSA) is 58.4 Å². The number of nitrogens with zero attached hydrogens (tertiary/aromatic N) is 1. The maximum absolute atomic E-state index is 11.7. The lowest BCUT2D eigenvalue weighted by molar-refractivity contribution is -0.122. The molecular formula is C13H29N3O. The largest absolute Gasteiger partial charge is 0.352 e. The van der Waals surface area contributed by atoms with E-state index in [0.29, 0.717) is 18.9 Å². The van der Waals surface area contributed by atoms with E-state index in [1.165, 1.54) is 0 Å². The van der Waals surface area contributed by atoms with Gasteiger partial charge in [-0.15, -0.1) is 0 Å². The molecule has 0 aromatic heterocycles. The minimum Gasteiger partial charge on any atom is -0.352 e. The lowest BCUT2D eigenvalue weighted by Gasteiger charge is -2.24. The third-order valence-corrected chi connectivity index (χ3v) is 2.56. The highest BCUT2D eigenvalue weighted by Gasteiger charge is 2.14. The van der Waals surface area contributed by atoms with E-state index in [0.717, 1.165) is 25.8 Å². The Hall–Kier alpha value is -0.610. The fourth-order valence-electron chi connectivity index (χ4n) is 1.92. The van der Waals surface area contributed by atoms with Crippen LogP contribution in [-0.4, -0.2) is 44.0 Å². The summed E-state index contributed by atoms with van der Waals surface area (Å²) in [6.45, 7) is 5.94. The van der Waals surface area contributed by atoms with E-state index in [4.69, 9.17) is 5.73 Å². The molecule has 0 aliphatic carbocycles. The van der Waals surface area contributed by atoms with Gasteiger partial charge in [0.2, 0.25) is 5.91 Å². The number of likely N-dealkylation sites (N-methyl/N-ethyl adjacent to an activating group) is 1. The summed E-state index contributed by atoms with van der Waals surface area (Å²) in [5, 5.41) is 3.12. The second kappa shape index (κ2) is 9.42. The Labute approximate surface area is 106 Å². The molecule has 0 heterocycles. The van der Waals surface area contributed by atoms with Crippen molar-refractivity contribution in [2.75, 3.05) is 27.2 Å². The zero-order chi connectivity index (χ0) is 13.3. The molecule has 0 aromatic carbocycles. The lowest BCUT2D eigenvalue weighted by Crippen LogP contribution is -2.42. The molecule has 0 fully saturated rings. The van der Waals surface area contributed by atoms with Crippen LogP contribution in [-0.2, 0) is 4.79 Å². The molecule has 0 spiro atoms. The average molecular weight is 243 g/mol. The van der Waals surface area contributed by atoms with Crippen molar-refractivity contribution in [3.63, 3.8) is 0 Å². The maximum Gasteiger partial charge on any atom is 0.220 e. The molecule has 1 atom stereocenters. The Balaban J connectivity index is 3.99. The molecule has 0 rings (SSSR count). The first-order valence-electron chi connectivity index (χ1n) is 6.59. The number of carbonyl (C=O) groups is 1. The number of hydrogen-bond acceptors (Lipinski definition) is 3. The monoisotopic (exact) mass is 243 g/mol. The van der Waals surface area contributed by atoms with Gasteiger partial charge in [0, 0.05) is 19.0 Å². The predicted octanol–water partition coefficient (Wildman–Crippen LogP) is 1.21. The van der Waals surface area contributed by atoms with Crippen LogP contribution in [0.15, 0.2) is 0 Å². The molecule has 0 aliphatic heterocycles. The Morgan fingerprint density at radius 2 is 1.94 bits per heavy atom. The van der Waals surface area contributed by atoms with Crippen LogP contribution in [0.5, 0.6) is 0 Å². The first-order valence-corrected chi connectivity index (χ1v) is 6.59. The smallest absolute Gasteiger partial charge is 0.220 e. The highest BCUT2D eigenvalue weighted by atomic mass is 16.1. The number of rotatable bonds is 9. The average Bonchev–Trinajstić information content (AvgIpc) is 2.15. The van der Waals surface area contributed by atoms with Gasteiger partial charge in [-0.05, 0) is 45.8 Å². The molecule has 0 radical (unpaired) electrons. The minimum atomic E-state index is 0.158. The van der Waals surface area contributed by atoms with Crippen LogP contribution in [0.1, 0.15) is 39.5 Å². The van der Waals surface area contributed by atoms with E-state index in [1.807, 2.05) is 14.1 Å². The quantitative estimate of drug-likeness (QED) is 0.598. The molecule has 4 nitrogen and oxygen atoms in total. The molecule has 0 aromatic rings. The first-order chi connectivity index (χ1) is 7.95. The highest BCUT2D eigenvalue weighted by Crippen LogP contribution is 2.06. The molecule has 17 heavy (non-hydrogen) atoms. The fraction of sp³-hybridized carbons (Fsp3) is 0.923. The summed E-state index contributed by atoms with van der Waals surface area (Å²) in [6, 6.07) is 0.260. The van der Waals surface area contributed by atoms with Crippen LogP contribution in [0.4, 0.5) is 0 Å². The van der Waals surface area contributed by atoms with Crippen LogP contribution in [0.2, 0.25) is 0 Å². The standard InChI is InChI=1S/C13H29N3O/c1-11(2)9-12(10-16(3)4)15-13(17)7-5-6-8-14/h11-12H,5-10,14H2,1-4H3,(H,15,17). The molecule has 0 bridgehead atoms. The maximum atomic E-state index is 11.7. The van der Waals surface area contributed by atoms with Gasteiger partial charge in [-0.2, -0.15) is 0 Å². The van der Waals surface area contributed by atoms with Crippen molar-refractivity contribution in [3.05, 3.63) is 0 Å². The van der Waals surface area contributed by atoms with Crippen molar-refractivity contribution in [1.82, 2.24) is 10.2 Å². The van der Waals surface area contributed by atoms with Crippen molar-refractivity contribution in [2.24, 2.45) is 11.7 Å². The number of hydrogen-bond donors (Lipinski definition) is 2. The van der Waals surface area contributed by atoms with Crippen molar-refractivity contribution in [1.29, 1.82) is 0 Å². The first kappa shape index (κ1) is 16.4. The zero-order valence-electron chi connectivity index (χ0n) is 11.8. The summed E-state index contributed by atoms with van der Waals surface area (Å²) in [5.41, 5.74) is 5.41. The summed E-state index contributed by atoms with van der Waals surface area (Å²) >= 11 is 0. The van der Waals surface area contributed by atoms with E-state index in [9.17, 15) is 4.79 Å². The number of nitrogens with one attached hydrogen (secondary N) is 1. The van der Waals surface area contributed by atoms with Gasteiger partial charge in [0.15, 0.2) is 0 Å². The number of carbonyl (C=O) groups excluding carboxylic acids is 1. The van der Waals surface area contributed by atoms with E-state index in [-0.39, 0.29) is 11.9 Å². The van der Waals surface area contributed by atoms with E-state index in [2.05, 4.69) is 24.1 Å². The van der Waals surface area contributed by atoms with Gasteiger partial charge >= 0.3 is 0 Å². The summed E-state index contributed by atoms with van der Waals surface area (Å²) in [6.07, 6.45) is 3.44. The Morgan fingerprint density at radius 3 is 2.41 bits per heavy atom. The van der Waals surface area contributed by atoms with Crippen molar-refractivity contribution < 1.29 is 4.79 Å². The van der Waals surface area contributed by atoms with Crippen LogP contribution >= 0.6 is 0 Å². The molecule has 0 saturated carbocycles. The van der Waals surface area contributed by atoms with E-state index in [1.54, 1.807) is 0 Å². The number of unbranched alkanes of at least 4 members (excludes halogenated alkanes) is 1. The van der Waals surface area contributed by atoms with E-state index < -0.39 is 0 Å². The molecule has 1 amide bonds.